The Morgan fingerprint density at radius 3 is 2.26 bits per heavy atom. The molecule has 1 fully saturated rings. The van der Waals surface area contributed by atoms with Crippen LogP contribution in [0.4, 0.5) is 5.69 Å². The topological polar surface area (TPSA) is 21.3 Å². The van der Waals surface area contributed by atoms with Gasteiger partial charge >= 0.3 is 0 Å². The van der Waals surface area contributed by atoms with E-state index < -0.39 is 0 Å². The lowest BCUT2D eigenvalue weighted by molar-refractivity contribution is -0.221. The predicted octanol–water partition coefficient (Wildman–Crippen LogP) is 3.79. The molecule has 2 aromatic rings. The van der Waals surface area contributed by atoms with Crippen molar-refractivity contribution < 1.29 is 4.84 Å². The third-order valence-corrected chi connectivity index (χ3v) is 4.13. The highest BCUT2D eigenvalue weighted by Crippen LogP contribution is 2.31. The molecule has 0 aromatic heterocycles. The summed E-state index contributed by atoms with van der Waals surface area (Å²) in [6, 6.07) is 20.0. The highest BCUT2D eigenvalue weighted by molar-refractivity contribution is 5.65. The molecular weight excluding hydrogens is 284 g/mol. The molecular formula is C20H26N2O+. The Morgan fingerprint density at radius 1 is 1.00 bits per heavy atom. The summed E-state index contributed by atoms with van der Waals surface area (Å²) in [5, 5.41) is 3.43. The van der Waals surface area contributed by atoms with E-state index in [2.05, 4.69) is 62.5 Å². The first kappa shape index (κ1) is 16.2. The van der Waals surface area contributed by atoms with Gasteiger partial charge < -0.3 is 5.32 Å². The summed E-state index contributed by atoms with van der Waals surface area (Å²) in [7, 11) is 0. The van der Waals surface area contributed by atoms with E-state index in [1.165, 1.54) is 16.8 Å². The molecule has 0 bridgehead atoms. The minimum Gasteiger partial charge on any atom is -0.306 e. The molecule has 3 rings (SSSR count). The minimum absolute atomic E-state index is 0.176. The van der Waals surface area contributed by atoms with Gasteiger partial charge in [-0.2, -0.15) is 4.84 Å². The Hall–Kier alpha value is -1.68. The highest BCUT2D eigenvalue weighted by atomic mass is 16.7. The fraction of sp³-hybridized carbons (Fsp3) is 0.400. The molecule has 2 aromatic carbocycles. The van der Waals surface area contributed by atoms with Crippen molar-refractivity contribution in [2.75, 3.05) is 26.2 Å². The van der Waals surface area contributed by atoms with E-state index in [1.54, 1.807) is 0 Å². The lowest BCUT2D eigenvalue weighted by atomic mass is 10.1. The molecule has 1 saturated heterocycles. The zero-order valence-corrected chi connectivity index (χ0v) is 14.3. The van der Waals surface area contributed by atoms with Crippen LogP contribution in [0.5, 0.6) is 0 Å². The van der Waals surface area contributed by atoms with Crippen molar-refractivity contribution in [3.05, 3.63) is 54.6 Å². The fourth-order valence-electron chi connectivity index (χ4n) is 3.18. The molecule has 0 spiro atoms. The largest absolute Gasteiger partial charge is 0.306 e. The quantitative estimate of drug-likeness (QED) is 0.871. The summed E-state index contributed by atoms with van der Waals surface area (Å²) in [6.45, 7) is 10.2. The van der Waals surface area contributed by atoms with Crippen LogP contribution in [0.25, 0.3) is 11.1 Å². The zero-order chi connectivity index (χ0) is 16.3. The number of rotatable bonds is 3. The van der Waals surface area contributed by atoms with Crippen molar-refractivity contribution in [3.8, 4) is 11.1 Å². The average Bonchev–Trinajstić information content (AvgIpc) is 2.55. The third-order valence-electron chi connectivity index (χ3n) is 4.13. The number of nitrogens with one attached hydrogen (secondary N) is 1. The van der Waals surface area contributed by atoms with E-state index in [-0.39, 0.29) is 5.60 Å². The number of benzene rings is 2. The normalized spacial score (nSPS) is 17.9. The summed E-state index contributed by atoms with van der Waals surface area (Å²) in [5.74, 6) is 0. The molecule has 1 heterocycles. The number of piperazine rings is 1. The maximum Gasteiger partial charge on any atom is 0.165 e. The van der Waals surface area contributed by atoms with Crippen molar-refractivity contribution in [1.29, 1.82) is 0 Å². The number of quaternary nitrogens is 1. The van der Waals surface area contributed by atoms with E-state index >= 15 is 0 Å². The molecule has 23 heavy (non-hydrogen) atoms. The third kappa shape index (κ3) is 3.81. The van der Waals surface area contributed by atoms with Crippen molar-refractivity contribution in [1.82, 2.24) is 9.96 Å². The number of nitrogens with zero attached hydrogens (tertiary/aromatic N) is 1. The van der Waals surface area contributed by atoms with Crippen LogP contribution in [0, 0.1) is 6.07 Å². The molecule has 1 radical (unpaired) electrons. The van der Waals surface area contributed by atoms with E-state index in [1.807, 2.05) is 18.2 Å². The monoisotopic (exact) mass is 310 g/mol. The lowest BCUT2D eigenvalue weighted by Crippen LogP contribution is -2.62. The van der Waals surface area contributed by atoms with Crippen LogP contribution in [-0.4, -0.2) is 31.8 Å². The number of hydroxylamine groups is 2. The van der Waals surface area contributed by atoms with Crippen molar-refractivity contribution in [2.24, 2.45) is 0 Å². The van der Waals surface area contributed by atoms with Gasteiger partial charge in [-0.3, -0.25) is 0 Å². The summed E-state index contributed by atoms with van der Waals surface area (Å²) in [6.07, 6.45) is 0. The Morgan fingerprint density at radius 2 is 1.70 bits per heavy atom. The molecule has 0 aliphatic carbocycles. The fourth-order valence-corrected chi connectivity index (χ4v) is 3.18. The smallest absolute Gasteiger partial charge is 0.165 e. The summed E-state index contributed by atoms with van der Waals surface area (Å²) < 4.78 is 0.595. The molecule has 1 N–H and O–H groups in total. The first-order chi connectivity index (χ1) is 11.0. The van der Waals surface area contributed by atoms with Gasteiger partial charge in [0.15, 0.2) is 5.69 Å². The number of hydrogen-bond donors (Lipinski definition) is 1. The van der Waals surface area contributed by atoms with Crippen molar-refractivity contribution in [2.45, 2.75) is 26.4 Å². The van der Waals surface area contributed by atoms with E-state index in [4.69, 9.17) is 4.84 Å². The summed E-state index contributed by atoms with van der Waals surface area (Å²) in [5.41, 5.74) is 3.46. The van der Waals surface area contributed by atoms with Crippen LogP contribution in [-0.2, 0) is 4.84 Å². The molecule has 0 amide bonds. The predicted molar refractivity (Wildman–Crippen MR) is 95.9 cm³/mol. The van der Waals surface area contributed by atoms with Crippen LogP contribution < -0.4 is 9.96 Å². The molecule has 0 atom stereocenters. The Labute approximate surface area is 139 Å². The first-order valence-electron chi connectivity index (χ1n) is 8.34. The van der Waals surface area contributed by atoms with Crippen LogP contribution >= 0.6 is 0 Å². The maximum atomic E-state index is 6.49. The first-order valence-corrected chi connectivity index (χ1v) is 8.34. The second-order valence-corrected chi connectivity index (χ2v) is 7.13. The van der Waals surface area contributed by atoms with Gasteiger partial charge in [-0.25, -0.2) is 0 Å². The molecule has 0 saturated carbocycles. The van der Waals surface area contributed by atoms with Crippen molar-refractivity contribution >= 4 is 5.69 Å². The molecule has 3 nitrogen and oxygen atoms in total. The molecule has 121 valence electrons. The van der Waals surface area contributed by atoms with Gasteiger partial charge in [0, 0.05) is 25.2 Å². The van der Waals surface area contributed by atoms with Crippen LogP contribution in [0.2, 0.25) is 0 Å². The molecule has 1 aliphatic heterocycles. The van der Waals surface area contributed by atoms with E-state index in [0.29, 0.717) is 4.65 Å². The Bertz CT molecular complexity index is 623. The van der Waals surface area contributed by atoms with Crippen LogP contribution in [0.1, 0.15) is 20.8 Å². The van der Waals surface area contributed by atoms with Crippen LogP contribution in [0.15, 0.2) is 48.5 Å². The average molecular weight is 310 g/mol. The van der Waals surface area contributed by atoms with Crippen molar-refractivity contribution in [3.63, 3.8) is 0 Å². The molecule has 0 unspecified atom stereocenters. The standard InChI is InChI=1S/C20H26N2O/c1-20(2,3)23-22(15-13-21-14-16-22)19-11-9-18(10-12-19)17-7-5-4-6-8-17/h4-5,7-12,21H,13-16H2,1-3H3/q+1. The second kappa shape index (κ2) is 6.44. The highest BCUT2D eigenvalue weighted by Gasteiger charge is 2.39. The Balaban J connectivity index is 1.91. The molecule has 1 aliphatic rings. The van der Waals surface area contributed by atoms with Gasteiger partial charge in [0.25, 0.3) is 0 Å². The molecule has 3 heteroatoms. The van der Waals surface area contributed by atoms with E-state index in [9.17, 15) is 0 Å². The minimum atomic E-state index is -0.176. The summed E-state index contributed by atoms with van der Waals surface area (Å²) in [4.78, 5) is 6.49. The zero-order valence-electron chi connectivity index (χ0n) is 14.3. The van der Waals surface area contributed by atoms with Crippen LogP contribution in [0.3, 0.4) is 0 Å². The second-order valence-electron chi connectivity index (χ2n) is 7.13. The summed E-state index contributed by atoms with van der Waals surface area (Å²) >= 11 is 0. The van der Waals surface area contributed by atoms with Gasteiger partial charge in [-0.1, -0.05) is 18.2 Å². The van der Waals surface area contributed by atoms with Gasteiger partial charge in [-0.15, -0.1) is 4.65 Å². The Kier molecular flexibility index (Phi) is 4.53. The lowest BCUT2D eigenvalue weighted by Gasteiger charge is -2.42. The SMILES string of the molecule is CC(C)(C)O[N+]1(c2ccc(-c3c[c]ccc3)cc2)CCNCC1. The van der Waals surface area contributed by atoms with Gasteiger partial charge in [0.1, 0.15) is 18.7 Å². The van der Waals surface area contributed by atoms with E-state index in [0.717, 1.165) is 26.2 Å². The number of hydrogen-bond acceptors (Lipinski definition) is 2. The van der Waals surface area contributed by atoms with Gasteiger partial charge in [0.2, 0.25) is 0 Å². The maximum absolute atomic E-state index is 6.49. The van der Waals surface area contributed by atoms with Gasteiger partial charge in [0.05, 0.1) is 0 Å². The van der Waals surface area contributed by atoms with Gasteiger partial charge in [-0.05, 0) is 56.2 Å².